The van der Waals surface area contributed by atoms with Crippen LogP contribution in [0.4, 0.5) is 5.69 Å². The van der Waals surface area contributed by atoms with Crippen molar-refractivity contribution in [1.29, 1.82) is 5.41 Å². The van der Waals surface area contributed by atoms with Crippen molar-refractivity contribution in [2.45, 2.75) is 6.92 Å². The minimum Gasteiger partial charge on any atom is -0.495 e. The van der Waals surface area contributed by atoms with Gasteiger partial charge < -0.3 is 20.0 Å². The highest BCUT2D eigenvalue weighted by molar-refractivity contribution is 14.2. The predicted molar refractivity (Wildman–Crippen MR) is 113 cm³/mol. The Kier molecular flexibility index (Phi) is 6.99. The summed E-state index contributed by atoms with van der Waals surface area (Å²) in [5.41, 5.74) is 3.65. The van der Waals surface area contributed by atoms with Gasteiger partial charge in [0, 0.05) is 35.0 Å². The van der Waals surface area contributed by atoms with E-state index < -0.39 is 0 Å². The van der Waals surface area contributed by atoms with E-state index in [0.29, 0.717) is 39.2 Å². The maximum atomic E-state index is 7.91. The lowest BCUT2D eigenvalue weighted by molar-refractivity contribution is 0.395. The second-order valence-corrected chi connectivity index (χ2v) is 7.70. The molecule has 128 valence electrons. The summed E-state index contributed by atoms with van der Waals surface area (Å²) in [5.74, 6) is 0.982. The zero-order chi connectivity index (χ0) is 17.9. The summed E-state index contributed by atoms with van der Waals surface area (Å²) in [6.45, 7) is 1.75. The highest BCUT2D eigenvalue weighted by Gasteiger charge is 2.19. The van der Waals surface area contributed by atoms with E-state index >= 15 is 0 Å². The SMILES string of the molecule is COc1cc(OC)c(Cl)c(-c2ccc(C(C)=N)c(NPI)c2)c1Cl. The number of benzene rings is 2. The third kappa shape index (κ3) is 3.90. The van der Waals surface area contributed by atoms with Crippen LogP contribution in [0.1, 0.15) is 12.5 Å². The first-order valence-electron chi connectivity index (χ1n) is 6.86. The van der Waals surface area contributed by atoms with Gasteiger partial charge in [0.15, 0.2) is 0 Å². The van der Waals surface area contributed by atoms with Gasteiger partial charge in [-0.1, -0.05) is 35.3 Å². The Balaban J connectivity index is 2.71. The molecular weight excluding hydrogens is 481 g/mol. The summed E-state index contributed by atoms with van der Waals surface area (Å²) in [5, 5.41) is 12.0. The Morgan fingerprint density at radius 2 is 1.71 bits per heavy atom. The van der Waals surface area contributed by atoms with Gasteiger partial charge in [-0.15, -0.1) is 0 Å². The van der Waals surface area contributed by atoms with Gasteiger partial charge in [-0.2, -0.15) is 0 Å². The third-order valence-electron chi connectivity index (χ3n) is 3.47. The van der Waals surface area contributed by atoms with E-state index in [0.717, 1.165) is 16.8 Å². The molecule has 0 saturated heterocycles. The quantitative estimate of drug-likeness (QED) is 0.275. The van der Waals surface area contributed by atoms with Crippen LogP contribution in [0.15, 0.2) is 24.3 Å². The summed E-state index contributed by atoms with van der Waals surface area (Å²) in [6.07, 6.45) is 0.476. The lowest BCUT2D eigenvalue weighted by Crippen LogP contribution is -1.99. The van der Waals surface area contributed by atoms with Crippen molar-refractivity contribution in [2.24, 2.45) is 0 Å². The van der Waals surface area contributed by atoms with Crippen LogP contribution in [-0.2, 0) is 0 Å². The van der Waals surface area contributed by atoms with Gasteiger partial charge in [0.25, 0.3) is 0 Å². The number of halogens is 3. The number of methoxy groups -OCH3 is 2. The lowest BCUT2D eigenvalue weighted by atomic mass is 10.00. The van der Waals surface area contributed by atoms with Gasteiger partial charge in [0.1, 0.15) is 11.5 Å². The van der Waals surface area contributed by atoms with Crippen LogP contribution in [-0.4, -0.2) is 19.9 Å². The van der Waals surface area contributed by atoms with Crippen molar-refractivity contribution < 1.29 is 9.47 Å². The molecule has 0 fully saturated rings. The molecule has 0 spiro atoms. The molecule has 2 rings (SSSR count). The van der Waals surface area contributed by atoms with Crippen molar-refractivity contribution >= 4 is 63.0 Å². The van der Waals surface area contributed by atoms with Gasteiger partial charge in [-0.25, -0.2) is 0 Å². The number of ether oxygens (including phenoxy) is 2. The maximum absolute atomic E-state index is 7.91. The molecule has 0 saturated carbocycles. The molecule has 0 bridgehead atoms. The van der Waals surface area contributed by atoms with Gasteiger partial charge in [-0.05, 0) is 40.6 Å². The fourth-order valence-electron chi connectivity index (χ4n) is 2.32. The highest BCUT2D eigenvalue weighted by Crippen LogP contribution is 2.46. The Bertz CT molecular complexity index is 759. The van der Waals surface area contributed by atoms with E-state index in [9.17, 15) is 0 Å². The van der Waals surface area contributed by atoms with Crippen molar-refractivity contribution in [2.75, 3.05) is 19.3 Å². The van der Waals surface area contributed by atoms with Crippen LogP contribution in [0.25, 0.3) is 11.1 Å². The molecule has 0 aromatic heterocycles. The van der Waals surface area contributed by atoms with Crippen LogP contribution in [0.5, 0.6) is 11.5 Å². The lowest BCUT2D eigenvalue weighted by Gasteiger charge is -2.17. The highest BCUT2D eigenvalue weighted by atomic mass is 127. The normalized spacial score (nSPS) is 10.9. The van der Waals surface area contributed by atoms with Crippen molar-refractivity contribution in [3.63, 3.8) is 0 Å². The van der Waals surface area contributed by atoms with Crippen LogP contribution < -0.4 is 14.6 Å². The topological polar surface area (TPSA) is 54.3 Å². The smallest absolute Gasteiger partial charge is 0.141 e. The molecule has 4 nitrogen and oxygen atoms in total. The van der Waals surface area contributed by atoms with Gasteiger partial charge >= 0.3 is 0 Å². The van der Waals surface area contributed by atoms with Crippen LogP contribution in [0.3, 0.4) is 0 Å². The Morgan fingerprint density at radius 1 is 1.12 bits per heavy atom. The summed E-state index contributed by atoms with van der Waals surface area (Å²) < 4.78 is 10.6. The molecule has 0 aliphatic rings. The average Bonchev–Trinajstić information content (AvgIpc) is 2.55. The van der Waals surface area contributed by atoms with E-state index in [4.69, 9.17) is 38.1 Å². The Hall–Kier alpha value is -0.750. The zero-order valence-electron chi connectivity index (χ0n) is 13.3. The first kappa shape index (κ1) is 19.6. The fourth-order valence-corrected chi connectivity index (χ4v) is 4.22. The molecule has 0 heterocycles. The van der Waals surface area contributed by atoms with E-state index in [1.54, 1.807) is 27.2 Å². The number of rotatable bonds is 6. The second-order valence-electron chi connectivity index (χ2n) is 4.89. The van der Waals surface area contributed by atoms with Crippen LogP contribution in [0, 0.1) is 5.41 Å². The number of hydrogen-bond donors (Lipinski definition) is 2. The molecule has 0 amide bonds. The van der Waals surface area contributed by atoms with Crippen LogP contribution >= 0.6 is 51.6 Å². The molecule has 0 radical (unpaired) electrons. The standard InChI is InChI=1S/C16H16Cl2IN2O2P/c1-8(20)10-5-4-9(6-11(10)21-24-19)14-15(17)12(22-2)7-13(23-3)16(14)18/h4-7,20-21,24H,1-3H3. The number of nitrogens with one attached hydrogen (secondary N) is 2. The average molecular weight is 497 g/mol. The minimum atomic E-state index is 0.422. The van der Waals surface area contributed by atoms with Gasteiger partial charge in [0.05, 0.1) is 24.3 Å². The molecule has 0 aliphatic heterocycles. The minimum absolute atomic E-state index is 0.422. The third-order valence-corrected chi connectivity index (χ3v) is 5.39. The maximum Gasteiger partial charge on any atom is 0.141 e. The first-order valence-corrected chi connectivity index (χ1v) is 11.7. The molecule has 2 aromatic carbocycles. The first-order chi connectivity index (χ1) is 11.4. The monoisotopic (exact) mass is 496 g/mol. The molecule has 2 N–H and O–H groups in total. The molecule has 0 aliphatic carbocycles. The summed E-state index contributed by atoms with van der Waals surface area (Å²) in [6, 6.07) is 7.37. The van der Waals surface area contributed by atoms with E-state index in [-0.39, 0.29) is 0 Å². The summed E-state index contributed by atoms with van der Waals surface area (Å²) in [4.78, 5) is 0. The van der Waals surface area contributed by atoms with Crippen molar-refractivity contribution in [3.8, 4) is 22.6 Å². The summed E-state index contributed by atoms with van der Waals surface area (Å²) >= 11 is 15.2. The molecule has 2 aromatic rings. The fraction of sp³-hybridized carbons (Fsp3) is 0.188. The molecule has 1 atom stereocenters. The Morgan fingerprint density at radius 3 is 2.17 bits per heavy atom. The van der Waals surface area contributed by atoms with E-state index in [2.05, 4.69) is 27.1 Å². The zero-order valence-corrected chi connectivity index (χ0v) is 17.9. The molecule has 8 heteroatoms. The number of hydrogen-bond acceptors (Lipinski definition) is 4. The molecule has 1 unspecified atom stereocenters. The van der Waals surface area contributed by atoms with E-state index in [1.807, 2.05) is 18.2 Å². The predicted octanol–water partition coefficient (Wildman–Crippen LogP) is 6.42. The Labute approximate surface area is 166 Å². The summed E-state index contributed by atoms with van der Waals surface area (Å²) in [7, 11) is 3.09. The van der Waals surface area contributed by atoms with Crippen LogP contribution in [0.2, 0.25) is 10.0 Å². The molecular formula is C16H16Cl2IN2O2P. The van der Waals surface area contributed by atoms with Gasteiger partial charge in [0.2, 0.25) is 0 Å². The van der Waals surface area contributed by atoms with Gasteiger partial charge in [-0.3, -0.25) is 0 Å². The molecule has 24 heavy (non-hydrogen) atoms. The largest absolute Gasteiger partial charge is 0.495 e. The number of anilines is 1. The van der Waals surface area contributed by atoms with E-state index in [1.165, 1.54) is 0 Å². The van der Waals surface area contributed by atoms with Crippen molar-refractivity contribution in [1.82, 2.24) is 0 Å². The van der Waals surface area contributed by atoms with Crippen molar-refractivity contribution in [3.05, 3.63) is 39.9 Å². The second kappa shape index (κ2) is 8.56.